The molecule has 0 radical (unpaired) electrons. The van der Waals surface area contributed by atoms with Crippen molar-refractivity contribution < 1.29 is 4.79 Å². The van der Waals surface area contributed by atoms with Gasteiger partial charge in [-0.25, -0.2) is 9.97 Å². The van der Waals surface area contributed by atoms with Crippen LogP contribution in [-0.4, -0.2) is 20.9 Å². The fraction of sp³-hybridized carbons (Fsp3) is 0.300. The zero-order valence-corrected chi connectivity index (χ0v) is 8.45. The molecule has 0 spiro atoms. The molecule has 2 rings (SSSR count). The third kappa shape index (κ3) is 2.12. The number of imidazole rings is 1. The summed E-state index contributed by atoms with van der Waals surface area (Å²) in [4.78, 5) is 22.4. The maximum absolute atomic E-state index is 11.3. The standard InChI is InChI=1S/C10H12N4O/c1-2-3-9(15)14-7-4-8-10(11-5-7)13-6-12-8/h4-6H,2-3H2,1H3,(H,14,15)(H,11,12,13). The van der Waals surface area contributed by atoms with Crippen LogP contribution in [0.1, 0.15) is 19.8 Å². The second-order valence-electron chi connectivity index (χ2n) is 3.30. The Morgan fingerprint density at radius 2 is 2.40 bits per heavy atom. The number of aromatic amines is 1. The molecule has 1 amide bonds. The number of carbonyl (C=O) groups is 1. The molecule has 2 aromatic rings. The van der Waals surface area contributed by atoms with E-state index in [-0.39, 0.29) is 5.91 Å². The van der Waals surface area contributed by atoms with Gasteiger partial charge in [0.15, 0.2) is 5.65 Å². The van der Waals surface area contributed by atoms with E-state index in [0.29, 0.717) is 17.8 Å². The van der Waals surface area contributed by atoms with Crippen LogP contribution in [0.15, 0.2) is 18.6 Å². The molecule has 0 aliphatic heterocycles. The van der Waals surface area contributed by atoms with Gasteiger partial charge in [-0.2, -0.15) is 0 Å². The number of fused-ring (bicyclic) bond motifs is 1. The average Bonchev–Trinajstić information content (AvgIpc) is 2.65. The van der Waals surface area contributed by atoms with Crippen molar-refractivity contribution in [3.05, 3.63) is 18.6 Å². The molecule has 0 aliphatic rings. The maximum atomic E-state index is 11.3. The smallest absolute Gasteiger partial charge is 0.224 e. The summed E-state index contributed by atoms with van der Waals surface area (Å²) in [6.07, 6.45) is 4.55. The first-order valence-electron chi connectivity index (χ1n) is 4.88. The van der Waals surface area contributed by atoms with Crippen molar-refractivity contribution in [3.8, 4) is 0 Å². The molecule has 2 aromatic heterocycles. The minimum atomic E-state index is 0.0122. The molecule has 0 saturated heterocycles. The van der Waals surface area contributed by atoms with Crippen LogP contribution in [0.3, 0.4) is 0 Å². The number of pyridine rings is 1. The zero-order valence-electron chi connectivity index (χ0n) is 8.45. The monoisotopic (exact) mass is 204 g/mol. The molecule has 5 heteroatoms. The molecule has 2 N–H and O–H groups in total. The summed E-state index contributed by atoms with van der Waals surface area (Å²) < 4.78 is 0. The van der Waals surface area contributed by atoms with E-state index in [1.165, 1.54) is 0 Å². The number of aromatic nitrogens is 3. The largest absolute Gasteiger partial charge is 0.343 e. The number of nitrogens with one attached hydrogen (secondary N) is 2. The quantitative estimate of drug-likeness (QED) is 0.799. The summed E-state index contributed by atoms with van der Waals surface area (Å²) in [5.74, 6) is 0.0122. The molecule has 0 bridgehead atoms. The molecule has 0 fully saturated rings. The van der Waals surface area contributed by atoms with Crippen molar-refractivity contribution in [2.45, 2.75) is 19.8 Å². The first-order valence-corrected chi connectivity index (χ1v) is 4.88. The maximum Gasteiger partial charge on any atom is 0.224 e. The number of rotatable bonds is 3. The minimum absolute atomic E-state index is 0.0122. The molecule has 78 valence electrons. The average molecular weight is 204 g/mol. The van der Waals surface area contributed by atoms with Gasteiger partial charge in [0.05, 0.1) is 23.7 Å². The Labute approximate surface area is 86.9 Å². The van der Waals surface area contributed by atoms with Gasteiger partial charge in [0, 0.05) is 6.42 Å². The second kappa shape index (κ2) is 4.08. The molecule has 15 heavy (non-hydrogen) atoms. The van der Waals surface area contributed by atoms with E-state index in [1.807, 2.05) is 13.0 Å². The van der Waals surface area contributed by atoms with Crippen molar-refractivity contribution in [3.63, 3.8) is 0 Å². The van der Waals surface area contributed by atoms with Crippen LogP contribution in [0.4, 0.5) is 5.69 Å². The number of anilines is 1. The van der Waals surface area contributed by atoms with Crippen LogP contribution in [0.25, 0.3) is 11.2 Å². The Morgan fingerprint density at radius 3 is 3.20 bits per heavy atom. The van der Waals surface area contributed by atoms with E-state index >= 15 is 0 Å². The lowest BCUT2D eigenvalue weighted by molar-refractivity contribution is -0.116. The number of nitrogens with zero attached hydrogens (tertiary/aromatic N) is 2. The Morgan fingerprint density at radius 1 is 1.53 bits per heavy atom. The molecular weight excluding hydrogens is 192 g/mol. The van der Waals surface area contributed by atoms with Gasteiger partial charge in [-0.1, -0.05) is 6.92 Å². The lowest BCUT2D eigenvalue weighted by atomic mass is 10.3. The fourth-order valence-electron chi connectivity index (χ4n) is 1.35. The van der Waals surface area contributed by atoms with Crippen LogP contribution in [-0.2, 0) is 4.79 Å². The lowest BCUT2D eigenvalue weighted by Crippen LogP contribution is -2.10. The van der Waals surface area contributed by atoms with Crippen molar-refractivity contribution in [2.75, 3.05) is 5.32 Å². The summed E-state index contributed by atoms with van der Waals surface area (Å²) >= 11 is 0. The van der Waals surface area contributed by atoms with E-state index in [4.69, 9.17) is 0 Å². The van der Waals surface area contributed by atoms with E-state index in [2.05, 4.69) is 20.3 Å². The van der Waals surface area contributed by atoms with E-state index in [0.717, 1.165) is 11.9 Å². The van der Waals surface area contributed by atoms with Crippen LogP contribution in [0.2, 0.25) is 0 Å². The Kier molecular flexibility index (Phi) is 2.62. The zero-order chi connectivity index (χ0) is 10.7. The molecule has 0 atom stereocenters. The minimum Gasteiger partial charge on any atom is -0.343 e. The van der Waals surface area contributed by atoms with Crippen LogP contribution < -0.4 is 5.32 Å². The molecule has 0 aliphatic carbocycles. The van der Waals surface area contributed by atoms with Crippen molar-refractivity contribution in [1.29, 1.82) is 0 Å². The molecule has 0 aromatic carbocycles. The highest BCUT2D eigenvalue weighted by Gasteiger charge is 2.03. The number of carbonyl (C=O) groups excluding carboxylic acids is 1. The third-order valence-electron chi connectivity index (χ3n) is 2.03. The van der Waals surface area contributed by atoms with Gasteiger partial charge in [0.2, 0.25) is 5.91 Å². The number of hydrogen-bond donors (Lipinski definition) is 2. The van der Waals surface area contributed by atoms with Gasteiger partial charge in [0.1, 0.15) is 0 Å². The molecule has 0 unspecified atom stereocenters. The van der Waals surface area contributed by atoms with Crippen LogP contribution in [0.5, 0.6) is 0 Å². The first-order chi connectivity index (χ1) is 7.29. The predicted molar refractivity (Wildman–Crippen MR) is 57.4 cm³/mol. The Bertz CT molecular complexity index is 477. The molecular formula is C10H12N4O. The highest BCUT2D eigenvalue weighted by atomic mass is 16.1. The summed E-state index contributed by atoms with van der Waals surface area (Å²) in [6, 6.07) is 1.82. The van der Waals surface area contributed by atoms with Crippen molar-refractivity contribution in [2.24, 2.45) is 0 Å². The Balaban J connectivity index is 2.17. The Hall–Kier alpha value is -1.91. The van der Waals surface area contributed by atoms with Gasteiger partial charge in [-0.05, 0) is 12.5 Å². The van der Waals surface area contributed by atoms with Crippen molar-refractivity contribution >= 4 is 22.8 Å². The molecule has 5 nitrogen and oxygen atoms in total. The third-order valence-corrected chi connectivity index (χ3v) is 2.03. The topological polar surface area (TPSA) is 70.7 Å². The summed E-state index contributed by atoms with van der Waals surface area (Å²) in [7, 11) is 0. The molecule has 2 heterocycles. The highest BCUT2D eigenvalue weighted by molar-refractivity contribution is 5.92. The lowest BCUT2D eigenvalue weighted by Gasteiger charge is -2.02. The van der Waals surface area contributed by atoms with Gasteiger partial charge in [-0.15, -0.1) is 0 Å². The molecule has 0 saturated carbocycles. The first kappa shape index (κ1) is 9.64. The summed E-state index contributed by atoms with van der Waals surface area (Å²) in [6.45, 7) is 1.97. The van der Waals surface area contributed by atoms with Gasteiger partial charge < -0.3 is 10.3 Å². The van der Waals surface area contributed by atoms with Gasteiger partial charge in [-0.3, -0.25) is 4.79 Å². The SMILES string of the molecule is CCCC(=O)Nc1cnc2nc[nH]c2c1. The van der Waals surface area contributed by atoms with E-state index < -0.39 is 0 Å². The number of amides is 1. The highest BCUT2D eigenvalue weighted by Crippen LogP contribution is 2.12. The fourth-order valence-corrected chi connectivity index (χ4v) is 1.35. The van der Waals surface area contributed by atoms with Gasteiger partial charge in [0.25, 0.3) is 0 Å². The van der Waals surface area contributed by atoms with Crippen molar-refractivity contribution in [1.82, 2.24) is 15.0 Å². The van der Waals surface area contributed by atoms with Crippen LogP contribution in [0, 0.1) is 0 Å². The number of hydrogen-bond acceptors (Lipinski definition) is 3. The normalized spacial score (nSPS) is 10.5. The number of H-pyrrole nitrogens is 1. The van der Waals surface area contributed by atoms with E-state index in [9.17, 15) is 4.79 Å². The summed E-state index contributed by atoms with van der Waals surface area (Å²) in [5.41, 5.74) is 2.18. The predicted octanol–water partition coefficient (Wildman–Crippen LogP) is 1.70. The van der Waals surface area contributed by atoms with E-state index in [1.54, 1.807) is 12.5 Å². The van der Waals surface area contributed by atoms with Crippen LogP contribution >= 0.6 is 0 Å². The van der Waals surface area contributed by atoms with Gasteiger partial charge >= 0.3 is 0 Å². The summed E-state index contributed by atoms with van der Waals surface area (Å²) in [5, 5.41) is 2.78. The second-order valence-corrected chi connectivity index (χ2v) is 3.30.